The minimum Gasteiger partial charge on any atom is -0.490 e. The molecule has 2 heterocycles. The summed E-state index contributed by atoms with van der Waals surface area (Å²) < 4.78 is 11.3. The van der Waals surface area contributed by atoms with Gasteiger partial charge in [-0.3, -0.25) is 9.69 Å². The smallest absolute Gasteiger partial charge is 0.324 e. The normalized spacial score (nSPS) is 22.3. The highest BCUT2D eigenvalue weighted by atomic mass is 16.6. The number of carbonyl (C=O) groups excluding carboxylic acids is 1. The molecule has 4 rings (SSSR count). The molecular weight excluding hydrogens is 316 g/mol. The molecular formula is C20H18N2O3. The summed E-state index contributed by atoms with van der Waals surface area (Å²) >= 11 is 0. The van der Waals surface area contributed by atoms with E-state index in [4.69, 9.17) is 14.7 Å². The molecule has 2 atom stereocenters. The van der Waals surface area contributed by atoms with Crippen molar-refractivity contribution in [2.75, 3.05) is 13.2 Å². The number of carbonyl (C=O) groups is 1. The molecule has 1 saturated heterocycles. The van der Waals surface area contributed by atoms with Crippen LogP contribution in [0.2, 0.25) is 0 Å². The number of fused-ring (bicyclic) bond motifs is 2. The maximum atomic E-state index is 12.4. The zero-order valence-corrected chi connectivity index (χ0v) is 13.7. The Labute approximate surface area is 146 Å². The molecule has 0 N–H and O–H groups in total. The van der Waals surface area contributed by atoms with Gasteiger partial charge in [-0.1, -0.05) is 24.3 Å². The Morgan fingerprint density at radius 2 is 1.92 bits per heavy atom. The first-order valence-electron chi connectivity index (χ1n) is 8.37. The van der Waals surface area contributed by atoms with E-state index in [1.807, 2.05) is 12.1 Å². The third-order valence-electron chi connectivity index (χ3n) is 4.76. The number of esters is 1. The molecule has 0 radical (unpaired) electrons. The van der Waals surface area contributed by atoms with Crippen molar-refractivity contribution in [3.63, 3.8) is 0 Å². The Hall–Kier alpha value is -2.84. The number of rotatable bonds is 3. The number of hydrogen-bond acceptors (Lipinski definition) is 5. The van der Waals surface area contributed by atoms with Crippen LogP contribution in [0.1, 0.15) is 16.7 Å². The molecule has 0 spiro atoms. The van der Waals surface area contributed by atoms with Crippen LogP contribution in [0.3, 0.4) is 0 Å². The first kappa shape index (κ1) is 15.7. The van der Waals surface area contributed by atoms with Gasteiger partial charge in [-0.15, -0.1) is 0 Å². The van der Waals surface area contributed by atoms with Crippen LogP contribution in [0.25, 0.3) is 0 Å². The number of hydrogen-bond donors (Lipinski definition) is 0. The van der Waals surface area contributed by atoms with E-state index in [-0.39, 0.29) is 18.1 Å². The predicted octanol–water partition coefficient (Wildman–Crippen LogP) is 2.29. The highest BCUT2D eigenvalue weighted by molar-refractivity contribution is 5.77. The maximum Gasteiger partial charge on any atom is 0.324 e. The Kier molecular flexibility index (Phi) is 4.12. The summed E-state index contributed by atoms with van der Waals surface area (Å²) in [6.45, 7) is 1.74. The Morgan fingerprint density at radius 1 is 1.16 bits per heavy atom. The average molecular weight is 334 g/mol. The van der Waals surface area contributed by atoms with E-state index in [9.17, 15) is 4.79 Å². The van der Waals surface area contributed by atoms with Crippen molar-refractivity contribution in [3.05, 3.63) is 65.2 Å². The number of ether oxygens (including phenoxy) is 2. The first-order chi connectivity index (χ1) is 12.2. The van der Waals surface area contributed by atoms with Gasteiger partial charge in [0.05, 0.1) is 11.6 Å². The zero-order valence-electron chi connectivity index (χ0n) is 13.7. The van der Waals surface area contributed by atoms with Crippen molar-refractivity contribution in [2.24, 2.45) is 0 Å². The maximum absolute atomic E-state index is 12.4. The van der Waals surface area contributed by atoms with Crippen molar-refractivity contribution in [1.82, 2.24) is 4.90 Å². The van der Waals surface area contributed by atoms with Gasteiger partial charge in [0.2, 0.25) is 0 Å². The summed E-state index contributed by atoms with van der Waals surface area (Å²) in [6, 6.07) is 17.0. The Morgan fingerprint density at radius 3 is 2.68 bits per heavy atom. The zero-order chi connectivity index (χ0) is 17.2. The number of benzene rings is 2. The molecule has 0 aromatic heterocycles. The summed E-state index contributed by atoms with van der Waals surface area (Å²) in [5, 5.41) is 8.82. The topological polar surface area (TPSA) is 62.6 Å². The standard InChI is InChI=1S/C20H18N2O3/c21-10-14-5-7-17(8-6-14)24-13-18-12-22-11-16-4-2-1-3-15(16)9-19(22)20(23)25-18/h1-8,18-19H,9,11-13H2/t18-,19+/m1/s1. The lowest BCUT2D eigenvalue weighted by atomic mass is 9.93. The molecule has 5 nitrogen and oxygen atoms in total. The van der Waals surface area contributed by atoms with E-state index in [1.165, 1.54) is 11.1 Å². The molecule has 1 fully saturated rings. The van der Waals surface area contributed by atoms with Gasteiger partial charge in [0.1, 0.15) is 24.5 Å². The molecule has 2 aromatic carbocycles. The van der Waals surface area contributed by atoms with Crippen LogP contribution in [0.5, 0.6) is 5.75 Å². The van der Waals surface area contributed by atoms with Gasteiger partial charge in [0.25, 0.3) is 0 Å². The minimum absolute atomic E-state index is 0.172. The lowest BCUT2D eigenvalue weighted by Gasteiger charge is -2.41. The SMILES string of the molecule is N#Cc1ccc(OC[C@H]2CN3Cc4ccccc4C[C@H]3C(=O)O2)cc1. The van der Waals surface area contributed by atoms with Gasteiger partial charge in [-0.2, -0.15) is 5.26 Å². The molecule has 126 valence electrons. The van der Waals surface area contributed by atoms with Crippen molar-refractivity contribution in [2.45, 2.75) is 25.1 Å². The number of nitriles is 1. The number of morpholine rings is 1. The first-order valence-corrected chi connectivity index (χ1v) is 8.37. The van der Waals surface area contributed by atoms with Crippen molar-refractivity contribution in [3.8, 4) is 11.8 Å². The molecule has 0 aliphatic carbocycles. The van der Waals surface area contributed by atoms with E-state index < -0.39 is 0 Å². The van der Waals surface area contributed by atoms with Gasteiger partial charge in [0.15, 0.2) is 0 Å². The average Bonchev–Trinajstić information content (AvgIpc) is 2.65. The fourth-order valence-electron chi connectivity index (χ4n) is 3.44. The molecule has 2 aliphatic rings. The second-order valence-corrected chi connectivity index (χ2v) is 6.42. The molecule has 2 aromatic rings. The monoisotopic (exact) mass is 334 g/mol. The Bertz CT molecular complexity index is 826. The summed E-state index contributed by atoms with van der Waals surface area (Å²) in [5.41, 5.74) is 3.10. The molecule has 5 heteroatoms. The molecule has 0 amide bonds. The Balaban J connectivity index is 1.41. The third kappa shape index (κ3) is 3.21. The van der Waals surface area contributed by atoms with Crippen LogP contribution in [0.15, 0.2) is 48.5 Å². The van der Waals surface area contributed by atoms with E-state index >= 15 is 0 Å². The van der Waals surface area contributed by atoms with Crippen LogP contribution in [0, 0.1) is 11.3 Å². The highest BCUT2D eigenvalue weighted by Crippen LogP contribution is 2.27. The van der Waals surface area contributed by atoms with Gasteiger partial charge in [0, 0.05) is 13.1 Å². The van der Waals surface area contributed by atoms with Crippen LogP contribution in [-0.2, 0) is 22.5 Å². The van der Waals surface area contributed by atoms with E-state index in [0.29, 0.717) is 30.9 Å². The van der Waals surface area contributed by atoms with Gasteiger partial charge >= 0.3 is 5.97 Å². The number of nitrogens with zero attached hydrogens (tertiary/aromatic N) is 2. The largest absolute Gasteiger partial charge is 0.490 e. The molecule has 0 bridgehead atoms. The highest BCUT2D eigenvalue weighted by Gasteiger charge is 2.39. The summed E-state index contributed by atoms with van der Waals surface area (Å²) in [5.74, 6) is 0.496. The molecule has 2 aliphatic heterocycles. The van der Waals surface area contributed by atoms with Crippen LogP contribution in [-0.4, -0.2) is 36.2 Å². The summed E-state index contributed by atoms with van der Waals surface area (Å²) in [6.07, 6.45) is 0.419. The quantitative estimate of drug-likeness (QED) is 0.806. The summed E-state index contributed by atoms with van der Waals surface area (Å²) in [7, 11) is 0. The van der Waals surface area contributed by atoms with Crippen LogP contribution in [0.4, 0.5) is 0 Å². The van der Waals surface area contributed by atoms with Gasteiger partial charge in [-0.05, 0) is 41.8 Å². The summed E-state index contributed by atoms with van der Waals surface area (Å²) in [4.78, 5) is 14.6. The van der Waals surface area contributed by atoms with E-state index in [0.717, 1.165) is 6.54 Å². The van der Waals surface area contributed by atoms with Crippen molar-refractivity contribution < 1.29 is 14.3 Å². The molecule has 0 unspecified atom stereocenters. The lowest BCUT2D eigenvalue weighted by Crippen LogP contribution is -2.56. The molecule has 0 saturated carbocycles. The second-order valence-electron chi connectivity index (χ2n) is 6.42. The fourth-order valence-corrected chi connectivity index (χ4v) is 3.44. The minimum atomic E-state index is -0.287. The molecule has 25 heavy (non-hydrogen) atoms. The van der Waals surface area contributed by atoms with E-state index in [2.05, 4.69) is 23.1 Å². The lowest BCUT2D eigenvalue weighted by molar-refractivity contribution is -0.169. The third-order valence-corrected chi connectivity index (χ3v) is 4.76. The van der Waals surface area contributed by atoms with E-state index in [1.54, 1.807) is 24.3 Å². The fraction of sp³-hybridized carbons (Fsp3) is 0.300. The van der Waals surface area contributed by atoms with Crippen LogP contribution < -0.4 is 4.74 Å². The van der Waals surface area contributed by atoms with Crippen molar-refractivity contribution >= 4 is 5.97 Å². The van der Waals surface area contributed by atoms with Gasteiger partial charge in [-0.25, -0.2) is 0 Å². The van der Waals surface area contributed by atoms with Crippen LogP contribution >= 0.6 is 0 Å². The van der Waals surface area contributed by atoms with Gasteiger partial charge < -0.3 is 9.47 Å². The van der Waals surface area contributed by atoms with Crippen molar-refractivity contribution in [1.29, 1.82) is 5.26 Å². The predicted molar refractivity (Wildman–Crippen MR) is 90.9 cm³/mol. The second kappa shape index (κ2) is 6.58. The number of cyclic esters (lactones) is 1.